The van der Waals surface area contributed by atoms with Gasteiger partial charge in [-0.15, -0.1) is 0 Å². The first kappa shape index (κ1) is 14.7. The average molecular weight is 291 g/mol. The van der Waals surface area contributed by atoms with Crippen LogP contribution in [0.4, 0.5) is 0 Å². The van der Waals surface area contributed by atoms with E-state index in [1.807, 2.05) is 12.1 Å². The Hall–Kier alpha value is -1.26. The summed E-state index contributed by atoms with van der Waals surface area (Å²) >= 11 is 0. The maximum atomic E-state index is 10.3. The maximum Gasteiger partial charge on any atom is 0.127 e. The first-order chi connectivity index (χ1) is 10.2. The molecule has 1 aromatic carbocycles. The molecule has 3 rings (SSSR count). The second kappa shape index (κ2) is 6.24. The average Bonchev–Trinajstić information content (AvgIpc) is 3.10. The summed E-state index contributed by atoms with van der Waals surface area (Å²) in [5, 5.41) is 13.8. The van der Waals surface area contributed by atoms with Crippen molar-refractivity contribution in [2.75, 3.05) is 19.8 Å². The molecule has 0 aromatic heterocycles. The van der Waals surface area contributed by atoms with E-state index in [0.29, 0.717) is 13.2 Å². The first-order valence-corrected chi connectivity index (χ1v) is 8.05. The van der Waals surface area contributed by atoms with E-state index < -0.39 is 5.60 Å². The molecule has 2 aliphatic rings. The van der Waals surface area contributed by atoms with Crippen molar-refractivity contribution in [3.8, 4) is 11.5 Å². The summed E-state index contributed by atoms with van der Waals surface area (Å²) in [6, 6.07) is 6.28. The zero-order valence-corrected chi connectivity index (χ0v) is 12.7. The normalized spacial score (nSPS) is 22.9. The molecule has 1 aromatic rings. The van der Waals surface area contributed by atoms with Crippen LogP contribution in [0, 0.1) is 0 Å². The molecule has 4 heteroatoms. The molecule has 21 heavy (non-hydrogen) atoms. The van der Waals surface area contributed by atoms with Gasteiger partial charge in [0.15, 0.2) is 0 Å². The number of hydrogen-bond donors (Lipinski definition) is 2. The Bertz CT molecular complexity index is 483. The first-order valence-electron chi connectivity index (χ1n) is 8.05. The van der Waals surface area contributed by atoms with Crippen molar-refractivity contribution in [1.82, 2.24) is 5.32 Å². The maximum absolute atomic E-state index is 10.3. The summed E-state index contributed by atoms with van der Waals surface area (Å²) in [6.07, 6.45) is 5.00. The summed E-state index contributed by atoms with van der Waals surface area (Å²) in [4.78, 5) is 0. The highest BCUT2D eigenvalue weighted by Gasteiger charge is 2.32. The lowest BCUT2D eigenvalue weighted by molar-refractivity contribution is 0.00135. The molecule has 0 spiro atoms. The summed E-state index contributed by atoms with van der Waals surface area (Å²) in [7, 11) is 0. The topological polar surface area (TPSA) is 50.7 Å². The molecule has 1 saturated carbocycles. The molecule has 1 aliphatic heterocycles. The van der Waals surface area contributed by atoms with E-state index >= 15 is 0 Å². The van der Waals surface area contributed by atoms with Gasteiger partial charge in [-0.3, -0.25) is 0 Å². The van der Waals surface area contributed by atoms with Crippen LogP contribution in [0.2, 0.25) is 0 Å². The number of ether oxygens (including phenoxy) is 2. The standard InChI is InChI=1S/C17H25NO3/c1-2-9-18-15-11-20-16-10-13(5-6-14(15)16)21-12-17(19)7-3-4-8-17/h5-6,10,15,18-19H,2-4,7-9,11-12H2,1H3. The fraction of sp³-hybridized carbons (Fsp3) is 0.647. The van der Waals surface area contributed by atoms with E-state index in [9.17, 15) is 5.11 Å². The highest BCUT2D eigenvalue weighted by Crippen LogP contribution is 2.36. The number of fused-ring (bicyclic) bond motifs is 1. The Kier molecular flexibility index (Phi) is 4.36. The van der Waals surface area contributed by atoms with Gasteiger partial charge in [0.25, 0.3) is 0 Å². The van der Waals surface area contributed by atoms with E-state index in [1.54, 1.807) is 0 Å². The van der Waals surface area contributed by atoms with Gasteiger partial charge in [-0.05, 0) is 37.9 Å². The largest absolute Gasteiger partial charge is 0.491 e. The van der Waals surface area contributed by atoms with Gasteiger partial charge < -0.3 is 19.9 Å². The van der Waals surface area contributed by atoms with Crippen molar-refractivity contribution in [3.63, 3.8) is 0 Å². The molecular weight excluding hydrogens is 266 g/mol. The number of benzene rings is 1. The van der Waals surface area contributed by atoms with E-state index in [1.165, 1.54) is 5.56 Å². The molecule has 4 nitrogen and oxygen atoms in total. The highest BCUT2D eigenvalue weighted by molar-refractivity contribution is 5.45. The van der Waals surface area contributed by atoms with E-state index in [2.05, 4.69) is 18.3 Å². The minimum Gasteiger partial charge on any atom is -0.491 e. The predicted molar refractivity (Wildman–Crippen MR) is 81.9 cm³/mol. The van der Waals surface area contributed by atoms with Crippen LogP contribution in [0.3, 0.4) is 0 Å². The summed E-state index contributed by atoms with van der Waals surface area (Å²) in [5.74, 6) is 1.68. The minimum absolute atomic E-state index is 0.285. The number of nitrogens with one attached hydrogen (secondary N) is 1. The zero-order valence-electron chi connectivity index (χ0n) is 12.7. The quantitative estimate of drug-likeness (QED) is 0.846. The molecule has 1 aliphatic carbocycles. The van der Waals surface area contributed by atoms with Gasteiger partial charge >= 0.3 is 0 Å². The smallest absolute Gasteiger partial charge is 0.127 e. The van der Waals surface area contributed by atoms with Gasteiger partial charge in [-0.2, -0.15) is 0 Å². The Morgan fingerprint density at radius 1 is 1.38 bits per heavy atom. The Balaban J connectivity index is 1.61. The van der Waals surface area contributed by atoms with Gasteiger partial charge in [0.2, 0.25) is 0 Å². The Morgan fingerprint density at radius 2 is 2.19 bits per heavy atom. The van der Waals surface area contributed by atoms with Crippen LogP contribution in [-0.4, -0.2) is 30.5 Å². The van der Waals surface area contributed by atoms with Crippen molar-refractivity contribution >= 4 is 0 Å². The molecule has 2 N–H and O–H groups in total. The SMILES string of the molecule is CCCNC1COc2cc(OCC3(O)CCCC3)ccc21. The third-order valence-electron chi connectivity index (χ3n) is 4.45. The van der Waals surface area contributed by atoms with Gasteiger partial charge in [0.05, 0.1) is 11.6 Å². The third kappa shape index (κ3) is 3.33. The van der Waals surface area contributed by atoms with E-state index in [4.69, 9.17) is 9.47 Å². The Morgan fingerprint density at radius 3 is 2.95 bits per heavy atom. The molecule has 0 amide bonds. The van der Waals surface area contributed by atoms with Gasteiger partial charge in [0.1, 0.15) is 24.7 Å². The molecule has 1 unspecified atom stereocenters. The molecule has 1 atom stereocenters. The summed E-state index contributed by atoms with van der Waals surface area (Å²) in [6.45, 7) is 4.22. The van der Waals surface area contributed by atoms with Crippen molar-refractivity contribution in [2.45, 2.75) is 50.7 Å². The van der Waals surface area contributed by atoms with Crippen LogP contribution in [0.1, 0.15) is 50.6 Å². The van der Waals surface area contributed by atoms with Gasteiger partial charge in [0, 0.05) is 11.6 Å². The fourth-order valence-corrected chi connectivity index (χ4v) is 3.16. The lowest BCUT2D eigenvalue weighted by Crippen LogP contribution is -2.32. The minimum atomic E-state index is -0.634. The van der Waals surface area contributed by atoms with E-state index in [0.717, 1.165) is 50.1 Å². The lowest BCUT2D eigenvalue weighted by atomic mass is 10.0. The number of hydrogen-bond acceptors (Lipinski definition) is 4. The second-order valence-corrected chi connectivity index (χ2v) is 6.24. The van der Waals surface area contributed by atoms with Crippen LogP contribution in [0.5, 0.6) is 11.5 Å². The van der Waals surface area contributed by atoms with Crippen molar-refractivity contribution in [2.24, 2.45) is 0 Å². The lowest BCUT2D eigenvalue weighted by Gasteiger charge is -2.22. The molecule has 1 heterocycles. The van der Waals surface area contributed by atoms with Crippen LogP contribution >= 0.6 is 0 Å². The van der Waals surface area contributed by atoms with Crippen LogP contribution < -0.4 is 14.8 Å². The summed E-state index contributed by atoms with van der Waals surface area (Å²) in [5.41, 5.74) is 0.570. The van der Waals surface area contributed by atoms with Crippen molar-refractivity contribution in [1.29, 1.82) is 0 Å². The van der Waals surface area contributed by atoms with E-state index in [-0.39, 0.29) is 6.04 Å². The van der Waals surface area contributed by atoms with Crippen molar-refractivity contribution < 1.29 is 14.6 Å². The second-order valence-electron chi connectivity index (χ2n) is 6.24. The molecular formula is C17H25NO3. The summed E-state index contributed by atoms with van der Waals surface area (Å²) < 4.78 is 11.5. The zero-order chi connectivity index (χ0) is 14.7. The van der Waals surface area contributed by atoms with Crippen LogP contribution in [0.15, 0.2) is 18.2 Å². The molecule has 116 valence electrons. The number of rotatable bonds is 6. The highest BCUT2D eigenvalue weighted by atomic mass is 16.5. The molecule has 0 saturated heterocycles. The molecule has 1 fully saturated rings. The molecule has 0 radical (unpaired) electrons. The predicted octanol–water partition coefficient (Wildman–Crippen LogP) is 2.80. The van der Waals surface area contributed by atoms with Crippen molar-refractivity contribution in [3.05, 3.63) is 23.8 Å². The van der Waals surface area contributed by atoms with Gasteiger partial charge in [-0.1, -0.05) is 19.8 Å². The molecule has 0 bridgehead atoms. The van der Waals surface area contributed by atoms with Crippen LogP contribution in [0.25, 0.3) is 0 Å². The fourth-order valence-electron chi connectivity index (χ4n) is 3.16. The number of aliphatic hydroxyl groups is 1. The third-order valence-corrected chi connectivity index (χ3v) is 4.45. The Labute approximate surface area is 126 Å². The van der Waals surface area contributed by atoms with Crippen LogP contribution in [-0.2, 0) is 0 Å². The van der Waals surface area contributed by atoms with Gasteiger partial charge in [-0.25, -0.2) is 0 Å². The monoisotopic (exact) mass is 291 g/mol.